The Morgan fingerprint density at radius 2 is 1.92 bits per heavy atom. The van der Waals surface area contributed by atoms with Crippen molar-refractivity contribution in [1.82, 2.24) is 0 Å². The molecule has 0 saturated heterocycles. The van der Waals surface area contributed by atoms with Gasteiger partial charge in [0.15, 0.2) is 6.10 Å². The number of ether oxygens (including phenoxy) is 2. The van der Waals surface area contributed by atoms with Gasteiger partial charge in [0.1, 0.15) is 11.5 Å². The van der Waals surface area contributed by atoms with Crippen LogP contribution in [0.25, 0.3) is 0 Å². The third kappa shape index (κ3) is 3.74. The predicted molar refractivity (Wildman–Crippen MR) is 95.1 cm³/mol. The summed E-state index contributed by atoms with van der Waals surface area (Å²) in [5.41, 5.74) is 1.35. The molecule has 1 atom stereocenters. The Kier molecular flexibility index (Phi) is 4.88. The number of hydrogen-bond acceptors (Lipinski definition) is 4. The number of anilines is 2. The van der Waals surface area contributed by atoms with Gasteiger partial charge in [-0.15, -0.1) is 0 Å². The second kappa shape index (κ2) is 7.25. The standard InChI is InChI=1S/C19H20N2O4/c1-3-24-14-10-8-13(9-11-14)20-18(22)12-17-19(23)21(2)15-6-4-5-7-16(15)25-17/h4-11,17H,3,12H2,1-2H3,(H,20,22). The third-order valence-corrected chi connectivity index (χ3v) is 3.92. The fourth-order valence-corrected chi connectivity index (χ4v) is 2.68. The van der Waals surface area contributed by atoms with Crippen LogP contribution in [0.3, 0.4) is 0 Å². The van der Waals surface area contributed by atoms with E-state index in [9.17, 15) is 9.59 Å². The van der Waals surface area contributed by atoms with Crippen molar-refractivity contribution in [3.05, 3.63) is 48.5 Å². The summed E-state index contributed by atoms with van der Waals surface area (Å²) in [7, 11) is 1.68. The molecule has 25 heavy (non-hydrogen) atoms. The number of benzene rings is 2. The highest BCUT2D eigenvalue weighted by Gasteiger charge is 2.33. The zero-order valence-corrected chi connectivity index (χ0v) is 14.2. The maximum atomic E-state index is 12.4. The Bertz CT molecular complexity index is 773. The summed E-state index contributed by atoms with van der Waals surface area (Å²) in [6, 6.07) is 14.3. The van der Waals surface area contributed by atoms with Gasteiger partial charge < -0.3 is 19.7 Å². The van der Waals surface area contributed by atoms with E-state index in [1.165, 1.54) is 4.90 Å². The van der Waals surface area contributed by atoms with Gasteiger partial charge in [-0.05, 0) is 43.3 Å². The van der Waals surface area contributed by atoms with E-state index in [4.69, 9.17) is 9.47 Å². The molecule has 1 aliphatic rings. The Balaban J connectivity index is 1.64. The second-order valence-corrected chi connectivity index (χ2v) is 5.68. The first-order valence-corrected chi connectivity index (χ1v) is 8.14. The van der Waals surface area contributed by atoms with Crippen LogP contribution in [0.4, 0.5) is 11.4 Å². The van der Waals surface area contributed by atoms with Crippen LogP contribution in [0.5, 0.6) is 11.5 Å². The summed E-state index contributed by atoms with van der Waals surface area (Å²) < 4.78 is 11.1. The number of para-hydroxylation sites is 2. The van der Waals surface area contributed by atoms with E-state index in [0.717, 1.165) is 5.75 Å². The number of nitrogens with zero attached hydrogens (tertiary/aromatic N) is 1. The van der Waals surface area contributed by atoms with Crippen molar-refractivity contribution >= 4 is 23.2 Å². The first-order valence-electron chi connectivity index (χ1n) is 8.14. The molecule has 6 nitrogen and oxygen atoms in total. The highest BCUT2D eigenvalue weighted by Crippen LogP contribution is 2.33. The van der Waals surface area contributed by atoms with Crippen molar-refractivity contribution in [2.75, 3.05) is 23.9 Å². The molecule has 6 heteroatoms. The summed E-state index contributed by atoms with van der Waals surface area (Å²) in [6.45, 7) is 2.49. The van der Waals surface area contributed by atoms with Crippen LogP contribution in [-0.4, -0.2) is 31.6 Å². The van der Waals surface area contributed by atoms with Crippen LogP contribution in [-0.2, 0) is 9.59 Å². The van der Waals surface area contributed by atoms with Gasteiger partial charge in [0.25, 0.3) is 5.91 Å². The number of carbonyl (C=O) groups is 2. The minimum Gasteiger partial charge on any atom is -0.494 e. The molecule has 2 amide bonds. The van der Waals surface area contributed by atoms with Crippen LogP contribution >= 0.6 is 0 Å². The van der Waals surface area contributed by atoms with Gasteiger partial charge in [-0.1, -0.05) is 12.1 Å². The molecule has 0 fully saturated rings. The second-order valence-electron chi connectivity index (χ2n) is 5.68. The quantitative estimate of drug-likeness (QED) is 0.909. The lowest BCUT2D eigenvalue weighted by molar-refractivity contribution is -0.130. The van der Waals surface area contributed by atoms with Crippen LogP contribution in [0.2, 0.25) is 0 Å². The number of carbonyl (C=O) groups excluding carboxylic acids is 2. The number of amides is 2. The molecule has 3 rings (SSSR count). The molecular weight excluding hydrogens is 320 g/mol. The van der Waals surface area contributed by atoms with Crippen molar-refractivity contribution in [3.63, 3.8) is 0 Å². The van der Waals surface area contributed by atoms with E-state index >= 15 is 0 Å². The molecule has 0 spiro atoms. The van der Waals surface area contributed by atoms with E-state index in [0.29, 0.717) is 23.7 Å². The number of rotatable bonds is 5. The molecular formula is C19H20N2O4. The molecule has 1 unspecified atom stereocenters. The Hall–Kier alpha value is -3.02. The van der Waals surface area contributed by atoms with Gasteiger partial charge in [0.05, 0.1) is 18.7 Å². The van der Waals surface area contributed by atoms with Gasteiger partial charge in [-0.3, -0.25) is 9.59 Å². The average molecular weight is 340 g/mol. The summed E-state index contributed by atoms with van der Waals surface area (Å²) in [5.74, 6) is 0.823. The van der Waals surface area contributed by atoms with E-state index in [2.05, 4.69) is 5.32 Å². The van der Waals surface area contributed by atoms with Gasteiger partial charge in [0.2, 0.25) is 5.91 Å². The minimum absolute atomic E-state index is 0.0509. The molecule has 1 aliphatic heterocycles. The molecule has 0 aliphatic carbocycles. The highest BCUT2D eigenvalue weighted by molar-refractivity contribution is 6.03. The summed E-state index contributed by atoms with van der Waals surface area (Å²) in [6.07, 6.45) is -0.882. The third-order valence-electron chi connectivity index (χ3n) is 3.92. The van der Waals surface area contributed by atoms with Gasteiger partial charge >= 0.3 is 0 Å². The topological polar surface area (TPSA) is 67.9 Å². The summed E-state index contributed by atoms with van der Waals surface area (Å²) in [4.78, 5) is 26.2. The molecule has 1 N–H and O–H groups in total. The number of hydrogen-bond donors (Lipinski definition) is 1. The van der Waals surface area contributed by atoms with Crippen molar-refractivity contribution in [1.29, 1.82) is 0 Å². The Morgan fingerprint density at radius 3 is 2.64 bits per heavy atom. The zero-order valence-electron chi connectivity index (χ0n) is 14.2. The largest absolute Gasteiger partial charge is 0.494 e. The van der Waals surface area contributed by atoms with E-state index in [1.54, 1.807) is 37.4 Å². The SMILES string of the molecule is CCOc1ccc(NC(=O)CC2Oc3ccccc3N(C)C2=O)cc1. The lowest BCUT2D eigenvalue weighted by atomic mass is 10.1. The molecule has 2 aromatic carbocycles. The first-order chi connectivity index (χ1) is 12.1. The van der Waals surface area contributed by atoms with Crippen molar-refractivity contribution in [3.8, 4) is 11.5 Å². The maximum Gasteiger partial charge on any atom is 0.268 e. The molecule has 0 saturated carbocycles. The van der Waals surface area contributed by atoms with Gasteiger partial charge in [-0.2, -0.15) is 0 Å². The lowest BCUT2D eigenvalue weighted by Gasteiger charge is -2.31. The normalized spacial score (nSPS) is 16.0. The van der Waals surface area contributed by atoms with E-state index in [-0.39, 0.29) is 18.2 Å². The molecule has 1 heterocycles. The average Bonchev–Trinajstić information content (AvgIpc) is 2.61. The molecule has 0 aromatic heterocycles. The fourth-order valence-electron chi connectivity index (χ4n) is 2.68. The number of likely N-dealkylation sites (N-methyl/N-ethyl adjacent to an activating group) is 1. The van der Waals surface area contributed by atoms with E-state index < -0.39 is 6.10 Å². The van der Waals surface area contributed by atoms with Crippen LogP contribution in [0, 0.1) is 0 Å². The molecule has 2 aromatic rings. The van der Waals surface area contributed by atoms with Crippen LogP contribution < -0.4 is 19.7 Å². The molecule has 0 bridgehead atoms. The fraction of sp³-hybridized carbons (Fsp3) is 0.263. The Morgan fingerprint density at radius 1 is 1.20 bits per heavy atom. The first kappa shape index (κ1) is 16.8. The van der Waals surface area contributed by atoms with E-state index in [1.807, 2.05) is 25.1 Å². The van der Waals surface area contributed by atoms with Crippen LogP contribution in [0.15, 0.2) is 48.5 Å². The Labute approximate surface area is 146 Å². The lowest BCUT2D eigenvalue weighted by Crippen LogP contribution is -2.45. The van der Waals surface area contributed by atoms with Gasteiger partial charge in [0, 0.05) is 12.7 Å². The number of fused-ring (bicyclic) bond motifs is 1. The van der Waals surface area contributed by atoms with Crippen molar-refractivity contribution < 1.29 is 19.1 Å². The highest BCUT2D eigenvalue weighted by atomic mass is 16.5. The molecule has 0 radical (unpaired) electrons. The van der Waals surface area contributed by atoms with Gasteiger partial charge in [-0.25, -0.2) is 0 Å². The number of nitrogens with one attached hydrogen (secondary N) is 1. The van der Waals surface area contributed by atoms with Crippen LogP contribution in [0.1, 0.15) is 13.3 Å². The minimum atomic E-state index is -0.831. The smallest absolute Gasteiger partial charge is 0.268 e. The monoisotopic (exact) mass is 340 g/mol. The van der Waals surface area contributed by atoms with Crippen molar-refractivity contribution in [2.45, 2.75) is 19.4 Å². The predicted octanol–water partition coefficient (Wildman–Crippen LogP) is 2.84. The summed E-state index contributed by atoms with van der Waals surface area (Å²) >= 11 is 0. The molecule has 130 valence electrons. The zero-order chi connectivity index (χ0) is 17.8. The maximum absolute atomic E-state index is 12.4. The van der Waals surface area contributed by atoms with Crippen molar-refractivity contribution in [2.24, 2.45) is 0 Å². The summed E-state index contributed by atoms with van der Waals surface area (Å²) in [5, 5.41) is 2.77.